The molecule has 7 nitrogen and oxygen atoms in total. The molecule has 0 unspecified atom stereocenters. The van der Waals surface area contributed by atoms with E-state index in [0.717, 1.165) is 23.9 Å². The standard InChI is InChI=1S/C21H35N5O2/c1-17(27)25-18-9-8-10-19(15-18)28-14-11-23-20(22-4)24-16-21(2,3)26-12-6-5-7-13-26/h8-10,15H,5-7,11-14,16H2,1-4H3,(H,25,27)(H2,22,23,24). The van der Waals surface area contributed by atoms with Crippen molar-refractivity contribution in [3.05, 3.63) is 24.3 Å². The van der Waals surface area contributed by atoms with E-state index in [1.807, 2.05) is 24.3 Å². The number of carbonyl (C=O) groups is 1. The highest BCUT2D eigenvalue weighted by atomic mass is 16.5. The summed E-state index contributed by atoms with van der Waals surface area (Å²) in [5.41, 5.74) is 0.828. The highest BCUT2D eigenvalue weighted by Crippen LogP contribution is 2.20. The summed E-state index contributed by atoms with van der Waals surface area (Å²) in [4.78, 5) is 18.0. The second kappa shape index (κ2) is 10.9. The van der Waals surface area contributed by atoms with Gasteiger partial charge in [0.1, 0.15) is 12.4 Å². The van der Waals surface area contributed by atoms with Crippen molar-refractivity contribution in [3.63, 3.8) is 0 Å². The summed E-state index contributed by atoms with van der Waals surface area (Å²) in [7, 11) is 1.78. The molecule has 156 valence electrons. The van der Waals surface area contributed by atoms with Gasteiger partial charge >= 0.3 is 0 Å². The molecule has 1 aliphatic rings. The minimum Gasteiger partial charge on any atom is -0.492 e. The van der Waals surface area contributed by atoms with Gasteiger partial charge in [0, 0.05) is 37.8 Å². The molecule has 1 aromatic rings. The summed E-state index contributed by atoms with van der Waals surface area (Å²) >= 11 is 0. The van der Waals surface area contributed by atoms with E-state index in [0.29, 0.717) is 13.2 Å². The highest BCUT2D eigenvalue weighted by Gasteiger charge is 2.27. The number of nitrogens with zero attached hydrogens (tertiary/aromatic N) is 2. The number of aliphatic imine (C=N–C) groups is 1. The van der Waals surface area contributed by atoms with Crippen molar-refractivity contribution in [1.29, 1.82) is 0 Å². The second-order valence-electron chi connectivity index (χ2n) is 7.77. The van der Waals surface area contributed by atoms with Crippen LogP contribution in [0.4, 0.5) is 5.69 Å². The summed E-state index contributed by atoms with van der Waals surface area (Å²) in [5.74, 6) is 1.41. The average molecular weight is 390 g/mol. The number of hydrogen-bond donors (Lipinski definition) is 3. The number of guanidine groups is 1. The molecule has 1 saturated heterocycles. The van der Waals surface area contributed by atoms with Crippen LogP contribution in [0, 0.1) is 0 Å². The Morgan fingerprint density at radius 1 is 1.21 bits per heavy atom. The quantitative estimate of drug-likeness (QED) is 0.362. The zero-order valence-corrected chi connectivity index (χ0v) is 17.7. The van der Waals surface area contributed by atoms with Gasteiger partial charge < -0.3 is 20.7 Å². The van der Waals surface area contributed by atoms with Gasteiger partial charge in [0.2, 0.25) is 5.91 Å². The molecule has 0 aromatic heterocycles. The number of hydrogen-bond acceptors (Lipinski definition) is 4. The predicted molar refractivity (Wildman–Crippen MR) is 115 cm³/mol. The minimum atomic E-state index is -0.0961. The zero-order valence-electron chi connectivity index (χ0n) is 17.7. The lowest BCUT2D eigenvalue weighted by atomic mass is 9.98. The highest BCUT2D eigenvalue weighted by molar-refractivity contribution is 5.88. The molecule has 1 heterocycles. The number of carbonyl (C=O) groups excluding carboxylic acids is 1. The van der Waals surface area contributed by atoms with E-state index in [2.05, 4.69) is 39.7 Å². The van der Waals surface area contributed by atoms with Crippen molar-refractivity contribution in [2.24, 2.45) is 4.99 Å². The van der Waals surface area contributed by atoms with Gasteiger partial charge in [-0.05, 0) is 51.9 Å². The second-order valence-corrected chi connectivity index (χ2v) is 7.77. The molecule has 0 bridgehead atoms. The Morgan fingerprint density at radius 2 is 1.96 bits per heavy atom. The molecule has 28 heavy (non-hydrogen) atoms. The summed E-state index contributed by atoms with van der Waals surface area (Å²) < 4.78 is 5.76. The summed E-state index contributed by atoms with van der Waals surface area (Å²) in [6.45, 7) is 10.4. The molecule has 1 amide bonds. The number of ether oxygens (including phenoxy) is 1. The first-order valence-corrected chi connectivity index (χ1v) is 10.1. The van der Waals surface area contributed by atoms with Gasteiger partial charge in [-0.3, -0.25) is 14.7 Å². The van der Waals surface area contributed by atoms with Crippen molar-refractivity contribution < 1.29 is 9.53 Å². The van der Waals surface area contributed by atoms with Crippen LogP contribution in [0.15, 0.2) is 29.3 Å². The van der Waals surface area contributed by atoms with Crippen LogP contribution in [0.5, 0.6) is 5.75 Å². The maximum absolute atomic E-state index is 11.1. The van der Waals surface area contributed by atoms with E-state index in [4.69, 9.17) is 4.74 Å². The molecule has 0 spiro atoms. The normalized spacial score (nSPS) is 15.8. The minimum absolute atomic E-state index is 0.0959. The molecule has 1 aromatic carbocycles. The molecule has 7 heteroatoms. The number of piperidine rings is 1. The molecule has 0 aliphatic carbocycles. The molecule has 0 radical (unpaired) electrons. The van der Waals surface area contributed by atoms with Crippen LogP contribution in [0.3, 0.4) is 0 Å². The molecule has 1 fully saturated rings. The first-order valence-electron chi connectivity index (χ1n) is 10.1. The van der Waals surface area contributed by atoms with Crippen molar-refractivity contribution in [3.8, 4) is 5.75 Å². The van der Waals surface area contributed by atoms with Crippen LogP contribution < -0.4 is 20.7 Å². The summed E-state index contributed by atoms with van der Waals surface area (Å²) in [5, 5.41) is 9.47. The fourth-order valence-corrected chi connectivity index (χ4v) is 3.34. The Labute approximate surface area is 168 Å². The molecule has 0 saturated carbocycles. The SMILES string of the molecule is CN=C(NCCOc1cccc(NC(C)=O)c1)NCC(C)(C)N1CCCCC1. The molecular formula is C21H35N5O2. The lowest BCUT2D eigenvalue weighted by molar-refractivity contribution is -0.114. The van der Waals surface area contributed by atoms with Gasteiger partial charge in [-0.25, -0.2) is 0 Å². The van der Waals surface area contributed by atoms with E-state index in [-0.39, 0.29) is 11.4 Å². The third-order valence-corrected chi connectivity index (χ3v) is 4.94. The summed E-state index contributed by atoms with van der Waals surface area (Å²) in [6.07, 6.45) is 3.92. The zero-order chi connectivity index (χ0) is 20.4. The number of benzene rings is 1. The Kier molecular flexibility index (Phi) is 8.57. The monoisotopic (exact) mass is 389 g/mol. The third kappa shape index (κ3) is 7.38. The van der Waals surface area contributed by atoms with Gasteiger partial charge in [-0.2, -0.15) is 0 Å². The van der Waals surface area contributed by atoms with Crippen LogP contribution in [-0.4, -0.2) is 62.1 Å². The van der Waals surface area contributed by atoms with Crippen molar-refractivity contribution in [1.82, 2.24) is 15.5 Å². The smallest absolute Gasteiger partial charge is 0.221 e. The Bertz CT molecular complexity index is 654. The van der Waals surface area contributed by atoms with Crippen LogP contribution in [0.25, 0.3) is 0 Å². The van der Waals surface area contributed by atoms with Crippen LogP contribution in [-0.2, 0) is 4.79 Å². The van der Waals surface area contributed by atoms with E-state index in [1.54, 1.807) is 7.05 Å². The Hall–Kier alpha value is -2.28. The van der Waals surface area contributed by atoms with E-state index in [9.17, 15) is 4.79 Å². The lowest BCUT2D eigenvalue weighted by Crippen LogP contribution is -2.55. The molecular weight excluding hydrogens is 354 g/mol. The Morgan fingerprint density at radius 3 is 2.64 bits per heavy atom. The fourth-order valence-electron chi connectivity index (χ4n) is 3.34. The predicted octanol–water partition coefficient (Wildman–Crippen LogP) is 2.45. The van der Waals surface area contributed by atoms with Gasteiger partial charge in [-0.15, -0.1) is 0 Å². The fraction of sp³-hybridized carbons (Fsp3) is 0.619. The van der Waals surface area contributed by atoms with Crippen molar-refractivity contribution in [2.45, 2.75) is 45.6 Å². The van der Waals surface area contributed by atoms with E-state index in [1.165, 1.54) is 39.3 Å². The number of anilines is 1. The number of nitrogens with one attached hydrogen (secondary N) is 3. The molecule has 2 rings (SSSR count). The first-order chi connectivity index (χ1) is 13.4. The molecule has 0 atom stereocenters. The number of rotatable bonds is 8. The Balaban J connectivity index is 1.71. The van der Waals surface area contributed by atoms with Gasteiger partial charge in [-0.1, -0.05) is 12.5 Å². The van der Waals surface area contributed by atoms with Crippen molar-refractivity contribution in [2.75, 3.05) is 45.2 Å². The van der Waals surface area contributed by atoms with Crippen LogP contribution in [0.1, 0.15) is 40.0 Å². The van der Waals surface area contributed by atoms with E-state index >= 15 is 0 Å². The van der Waals surface area contributed by atoms with E-state index < -0.39 is 0 Å². The van der Waals surface area contributed by atoms with Gasteiger partial charge in [0.15, 0.2) is 5.96 Å². The maximum Gasteiger partial charge on any atom is 0.221 e. The molecule has 1 aliphatic heterocycles. The van der Waals surface area contributed by atoms with Crippen LogP contribution >= 0.6 is 0 Å². The van der Waals surface area contributed by atoms with Crippen LogP contribution in [0.2, 0.25) is 0 Å². The van der Waals surface area contributed by atoms with Gasteiger partial charge in [0.05, 0.1) is 6.54 Å². The summed E-state index contributed by atoms with van der Waals surface area (Å²) in [6, 6.07) is 7.38. The third-order valence-electron chi connectivity index (χ3n) is 4.94. The van der Waals surface area contributed by atoms with Crippen molar-refractivity contribution >= 4 is 17.6 Å². The number of likely N-dealkylation sites (tertiary alicyclic amines) is 1. The maximum atomic E-state index is 11.1. The first kappa shape index (κ1) is 22.0. The number of amides is 1. The lowest BCUT2D eigenvalue weighted by Gasteiger charge is -2.41. The topological polar surface area (TPSA) is 78.0 Å². The average Bonchev–Trinajstić information content (AvgIpc) is 2.68. The van der Waals surface area contributed by atoms with Gasteiger partial charge in [0.25, 0.3) is 0 Å². The largest absolute Gasteiger partial charge is 0.492 e. The molecule has 3 N–H and O–H groups in total.